The molecule has 3 heteroatoms. The van der Waals surface area contributed by atoms with Gasteiger partial charge in [0.05, 0.1) is 27.8 Å². The molecule has 0 aliphatic rings. The van der Waals surface area contributed by atoms with Crippen molar-refractivity contribution in [1.29, 1.82) is 0 Å². The summed E-state index contributed by atoms with van der Waals surface area (Å²) in [5.41, 5.74) is 9.73. The van der Waals surface area contributed by atoms with E-state index in [2.05, 4.69) is 167 Å². The van der Waals surface area contributed by atoms with Crippen molar-refractivity contribution in [2.75, 3.05) is 0 Å². The Kier molecular flexibility index (Phi) is 5.19. The molecule has 0 atom stereocenters. The van der Waals surface area contributed by atoms with Crippen molar-refractivity contribution in [2.45, 2.75) is 0 Å². The van der Waals surface area contributed by atoms with Gasteiger partial charge in [-0.15, -0.1) is 11.3 Å². The highest BCUT2D eigenvalue weighted by atomic mass is 32.1. The number of benzene rings is 7. The maximum absolute atomic E-state index is 2.46. The highest BCUT2D eigenvalue weighted by molar-refractivity contribution is 7.25. The second kappa shape index (κ2) is 9.43. The minimum absolute atomic E-state index is 1.17. The molecule has 3 aromatic heterocycles. The lowest BCUT2D eigenvalue weighted by atomic mass is 10.0. The summed E-state index contributed by atoms with van der Waals surface area (Å²) in [6.45, 7) is 0. The number of hydrogen-bond donors (Lipinski definition) is 0. The van der Waals surface area contributed by atoms with Crippen LogP contribution in [0.1, 0.15) is 0 Å². The summed E-state index contributed by atoms with van der Waals surface area (Å²) < 4.78 is 7.50. The van der Waals surface area contributed by atoms with Crippen LogP contribution in [-0.2, 0) is 0 Å². The van der Waals surface area contributed by atoms with Crippen LogP contribution in [0.25, 0.3) is 86.3 Å². The van der Waals surface area contributed by atoms with Crippen LogP contribution in [-0.4, -0.2) is 9.13 Å². The molecule has 0 N–H and O–H groups in total. The van der Waals surface area contributed by atoms with Crippen LogP contribution in [0.15, 0.2) is 158 Å². The van der Waals surface area contributed by atoms with E-state index in [1.807, 2.05) is 11.3 Å². The van der Waals surface area contributed by atoms with E-state index in [9.17, 15) is 0 Å². The number of para-hydroxylation sites is 3. The summed E-state index contributed by atoms with van der Waals surface area (Å²) in [5.74, 6) is 0. The van der Waals surface area contributed by atoms with E-state index in [4.69, 9.17) is 0 Å². The zero-order chi connectivity index (χ0) is 29.5. The highest BCUT2D eigenvalue weighted by Gasteiger charge is 2.18. The SMILES string of the molecule is c1cc(-c2ccc3c(c2)c2ccccc2n3-c2cccc3sc4ccccc4c23)cc(-n2c3ccccc3c3ccccc32)c1. The van der Waals surface area contributed by atoms with Gasteiger partial charge in [0.1, 0.15) is 0 Å². The van der Waals surface area contributed by atoms with E-state index in [0.717, 1.165) is 0 Å². The Bertz CT molecular complexity index is 2720. The number of rotatable bonds is 3. The van der Waals surface area contributed by atoms with E-state index < -0.39 is 0 Å². The Balaban J connectivity index is 1.19. The van der Waals surface area contributed by atoms with E-state index in [1.54, 1.807) is 0 Å². The lowest BCUT2D eigenvalue weighted by Crippen LogP contribution is -1.95. The molecule has 210 valence electrons. The molecule has 10 rings (SSSR count). The second-order valence-corrected chi connectivity index (χ2v) is 12.8. The summed E-state index contributed by atoms with van der Waals surface area (Å²) in [7, 11) is 0. The van der Waals surface area contributed by atoms with Gasteiger partial charge in [-0.1, -0.05) is 97.1 Å². The normalized spacial score (nSPS) is 12.0. The number of fused-ring (bicyclic) bond motifs is 9. The van der Waals surface area contributed by atoms with Crippen LogP contribution in [0, 0.1) is 0 Å². The molecule has 0 radical (unpaired) electrons. The summed E-state index contributed by atoms with van der Waals surface area (Å²) in [6, 6.07) is 57.7. The average Bonchev–Trinajstić information content (AvgIpc) is 3.76. The van der Waals surface area contributed by atoms with Crippen molar-refractivity contribution in [2.24, 2.45) is 0 Å². The largest absolute Gasteiger partial charge is 0.309 e. The Labute approximate surface area is 263 Å². The fourth-order valence-corrected chi connectivity index (χ4v) is 8.51. The molecular weight excluding hydrogens is 565 g/mol. The van der Waals surface area contributed by atoms with Crippen molar-refractivity contribution < 1.29 is 0 Å². The van der Waals surface area contributed by atoms with Crippen LogP contribution in [0.3, 0.4) is 0 Å². The van der Waals surface area contributed by atoms with Gasteiger partial charge in [0, 0.05) is 47.4 Å². The van der Waals surface area contributed by atoms with Gasteiger partial charge in [0.2, 0.25) is 0 Å². The van der Waals surface area contributed by atoms with Crippen LogP contribution in [0.2, 0.25) is 0 Å². The van der Waals surface area contributed by atoms with Crippen LogP contribution in [0.4, 0.5) is 0 Å². The third-order valence-electron chi connectivity index (χ3n) is 9.31. The van der Waals surface area contributed by atoms with Crippen LogP contribution in [0.5, 0.6) is 0 Å². The molecule has 0 spiro atoms. The molecule has 0 amide bonds. The molecular formula is C42H26N2S. The summed E-state index contributed by atoms with van der Waals surface area (Å²) in [5, 5.41) is 7.73. The maximum atomic E-state index is 2.46. The molecule has 2 nitrogen and oxygen atoms in total. The summed E-state index contributed by atoms with van der Waals surface area (Å²) in [6.07, 6.45) is 0. The molecule has 7 aromatic carbocycles. The Morgan fingerprint density at radius 2 is 0.911 bits per heavy atom. The van der Waals surface area contributed by atoms with Crippen molar-refractivity contribution in [1.82, 2.24) is 9.13 Å². The quantitative estimate of drug-likeness (QED) is 0.194. The van der Waals surface area contributed by atoms with Gasteiger partial charge in [0.15, 0.2) is 0 Å². The lowest BCUT2D eigenvalue weighted by Gasteiger charge is -2.12. The molecule has 0 unspecified atom stereocenters. The van der Waals surface area contributed by atoms with Crippen LogP contribution < -0.4 is 0 Å². The lowest BCUT2D eigenvalue weighted by molar-refractivity contribution is 1.18. The monoisotopic (exact) mass is 590 g/mol. The first-order valence-corrected chi connectivity index (χ1v) is 16.2. The minimum atomic E-state index is 1.17. The van der Waals surface area contributed by atoms with Gasteiger partial charge >= 0.3 is 0 Å². The number of thiophene rings is 1. The van der Waals surface area contributed by atoms with Gasteiger partial charge in [0.25, 0.3) is 0 Å². The van der Waals surface area contributed by atoms with E-state index in [-0.39, 0.29) is 0 Å². The fraction of sp³-hybridized carbons (Fsp3) is 0. The van der Waals surface area contributed by atoms with Gasteiger partial charge in [-0.3, -0.25) is 0 Å². The zero-order valence-corrected chi connectivity index (χ0v) is 25.1. The molecule has 0 saturated carbocycles. The number of aromatic nitrogens is 2. The van der Waals surface area contributed by atoms with Crippen molar-refractivity contribution >= 4 is 75.1 Å². The third-order valence-corrected chi connectivity index (χ3v) is 10.4. The molecule has 0 aliphatic heterocycles. The Morgan fingerprint density at radius 3 is 1.67 bits per heavy atom. The fourth-order valence-electron chi connectivity index (χ4n) is 7.38. The minimum Gasteiger partial charge on any atom is -0.309 e. The van der Waals surface area contributed by atoms with Crippen molar-refractivity contribution in [3.63, 3.8) is 0 Å². The van der Waals surface area contributed by atoms with Gasteiger partial charge < -0.3 is 9.13 Å². The Hall–Kier alpha value is -5.64. The first kappa shape index (κ1) is 24.8. The van der Waals surface area contributed by atoms with E-state index in [0.29, 0.717) is 0 Å². The maximum Gasteiger partial charge on any atom is 0.0555 e. The smallest absolute Gasteiger partial charge is 0.0555 e. The molecule has 0 saturated heterocycles. The molecule has 45 heavy (non-hydrogen) atoms. The van der Waals surface area contributed by atoms with Gasteiger partial charge in [-0.05, 0) is 71.8 Å². The van der Waals surface area contributed by atoms with Gasteiger partial charge in [-0.25, -0.2) is 0 Å². The topological polar surface area (TPSA) is 9.86 Å². The van der Waals surface area contributed by atoms with E-state index >= 15 is 0 Å². The van der Waals surface area contributed by atoms with Crippen molar-refractivity contribution in [3.05, 3.63) is 158 Å². The molecule has 0 aliphatic carbocycles. The van der Waals surface area contributed by atoms with Crippen molar-refractivity contribution in [3.8, 4) is 22.5 Å². The number of nitrogens with zero attached hydrogens (tertiary/aromatic N) is 2. The first-order valence-electron chi connectivity index (χ1n) is 15.4. The summed E-state index contributed by atoms with van der Waals surface area (Å²) in [4.78, 5) is 0. The predicted molar refractivity (Wildman–Crippen MR) is 193 cm³/mol. The predicted octanol–water partition coefficient (Wildman–Crippen LogP) is 11.9. The van der Waals surface area contributed by atoms with Crippen LogP contribution >= 0.6 is 11.3 Å². The molecule has 10 aromatic rings. The molecule has 3 heterocycles. The Morgan fingerprint density at radius 1 is 0.356 bits per heavy atom. The van der Waals surface area contributed by atoms with E-state index in [1.165, 1.54) is 86.3 Å². The number of hydrogen-bond acceptors (Lipinski definition) is 1. The third kappa shape index (κ3) is 3.56. The van der Waals surface area contributed by atoms with Gasteiger partial charge in [-0.2, -0.15) is 0 Å². The first-order chi connectivity index (χ1) is 22.3. The standard InChI is InChI=1S/C42H26N2S/c1-5-17-35-30(13-1)31-14-2-6-18-36(31)43(35)29-12-9-11-27(25-29)28-23-24-38-34(26-28)32-15-3-7-19-37(32)44(38)39-20-10-22-41-42(39)33-16-4-8-21-40(33)45-41/h1-26H. The molecule has 0 bridgehead atoms. The highest BCUT2D eigenvalue weighted by Crippen LogP contribution is 2.42. The second-order valence-electron chi connectivity index (χ2n) is 11.8. The summed E-state index contributed by atoms with van der Waals surface area (Å²) >= 11 is 1.87. The zero-order valence-electron chi connectivity index (χ0n) is 24.3. The molecule has 0 fully saturated rings. The average molecular weight is 591 g/mol.